The molecule has 1 aromatic rings. The molecule has 0 aromatic heterocycles. The molecule has 0 spiro atoms. The highest BCUT2D eigenvalue weighted by Gasteiger charge is 2.31. The minimum absolute atomic E-state index is 0.0466. The summed E-state index contributed by atoms with van der Waals surface area (Å²) in [5.41, 5.74) is -0.157. The van der Waals surface area contributed by atoms with E-state index in [0.29, 0.717) is 5.56 Å². The first kappa shape index (κ1) is 42.8. The average molecular weight is 708 g/mol. The van der Waals surface area contributed by atoms with Gasteiger partial charge >= 0.3 is 24.0 Å². The van der Waals surface area contributed by atoms with Crippen LogP contribution in [0, 0.1) is 5.92 Å². The van der Waals surface area contributed by atoms with Gasteiger partial charge in [-0.1, -0.05) is 44.2 Å². The molecule has 0 unspecified atom stereocenters. The van der Waals surface area contributed by atoms with Crippen molar-refractivity contribution >= 4 is 47.6 Å². The van der Waals surface area contributed by atoms with Gasteiger partial charge in [-0.3, -0.25) is 28.8 Å². The summed E-state index contributed by atoms with van der Waals surface area (Å²) in [4.78, 5) is 99.8. The van der Waals surface area contributed by atoms with E-state index in [1.807, 2.05) is 0 Å². The summed E-state index contributed by atoms with van der Waals surface area (Å²) in [5, 5.41) is 30.4. The Morgan fingerprint density at radius 1 is 0.720 bits per heavy atom. The zero-order valence-corrected chi connectivity index (χ0v) is 29.2. The number of nitrogens with one attached hydrogen (secondary N) is 5. The molecule has 0 aliphatic carbocycles. The number of hydrogen-bond acceptors (Lipinski definition) is 10. The second-order valence-electron chi connectivity index (χ2n) is 12.9. The second-order valence-corrected chi connectivity index (χ2v) is 12.9. The van der Waals surface area contributed by atoms with E-state index >= 15 is 0 Å². The lowest BCUT2D eigenvalue weighted by atomic mass is 10.0. The van der Waals surface area contributed by atoms with E-state index in [9.17, 15) is 48.6 Å². The maximum atomic E-state index is 13.3. The van der Waals surface area contributed by atoms with Gasteiger partial charge < -0.3 is 46.3 Å². The summed E-state index contributed by atoms with van der Waals surface area (Å²) in [6.45, 7) is 7.85. The average Bonchev–Trinajstić information content (AvgIpc) is 3.01. The summed E-state index contributed by atoms with van der Waals surface area (Å²) in [6.07, 6.45) is -2.59. The van der Waals surface area contributed by atoms with Crippen LogP contribution in [0.15, 0.2) is 30.3 Å². The van der Waals surface area contributed by atoms with Crippen molar-refractivity contribution in [3.8, 4) is 0 Å². The maximum Gasteiger partial charge on any atom is 0.408 e. The van der Waals surface area contributed by atoms with Crippen LogP contribution in [-0.2, 0) is 49.5 Å². The number of amides is 5. The van der Waals surface area contributed by atoms with Crippen molar-refractivity contribution in [1.82, 2.24) is 26.6 Å². The number of carbonyl (C=O) groups excluding carboxylic acids is 6. The lowest BCUT2D eigenvalue weighted by Crippen LogP contribution is -2.57. The molecule has 0 bridgehead atoms. The van der Waals surface area contributed by atoms with Crippen molar-refractivity contribution in [2.75, 3.05) is 13.7 Å². The van der Waals surface area contributed by atoms with Crippen LogP contribution in [0.5, 0.6) is 0 Å². The monoisotopic (exact) mass is 707 g/mol. The molecule has 1 rings (SSSR count). The molecule has 4 atom stereocenters. The van der Waals surface area contributed by atoms with Gasteiger partial charge in [0.25, 0.3) is 0 Å². The van der Waals surface area contributed by atoms with Crippen molar-refractivity contribution in [2.24, 2.45) is 5.92 Å². The number of alkyl carbamates (subject to hydrolysis) is 1. The zero-order valence-electron chi connectivity index (χ0n) is 29.2. The van der Waals surface area contributed by atoms with Crippen molar-refractivity contribution in [2.45, 2.75) is 103 Å². The van der Waals surface area contributed by atoms with Crippen LogP contribution in [0.2, 0.25) is 0 Å². The lowest BCUT2D eigenvalue weighted by molar-refractivity contribution is -0.146. The fourth-order valence-corrected chi connectivity index (χ4v) is 4.49. The molecule has 5 amide bonds. The first-order valence-electron chi connectivity index (χ1n) is 16.0. The molecule has 1 aromatic carbocycles. The molecule has 0 aliphatic heterocycles. The number of carboxylic acids is 2. The molecule has 17 heteroatoms. The minimum atomic E-state index is -1.53. The van der Waals surface area contributed by atoms with Gasteiger partial charge in [-0.25, -0.2) is 9.59 Å². The van der Waals surface area contributed by atoms with E-state index < -0.39 is 110 Å². The van der Waals surface area contributed by atoms with Gasteiger partial charge in [0.15, 0.2) is 0 Å². The van der Waals surface area contributed by atoms with Gasteiger partial charge in [0.1, 0.15) is 29.8 Å². The van der Waals surface area contributed by atoms with Crippen LogP contribution in [0.4, 0.5) is 4.79 Å². The van der Waals surface area contributed by atoms with E-state index in [0.717, 1.165) is 7.11 Å². The summed E-state index contributed by atoms with van der Waals surface area (Å²) in [7, 11) is 1.13. The molecule has 0 saturated carbocycles. The van der Waals surface area contributed by atoms with Crippen LogP contribution in [0.25, 0.3) is 0 Å². The molecule has 7 N–H and O–H groups in total. The highest BCUT2D eigenvalue weighted by molar-refractivity contribution is 5.95. The number of methoxy groups -OCH3 is 1. The number of ether oxygens (including phenoxy) is 2. The van der Waals surface area contributed by atoms with Gasteiger partial charge in [0.2, 0.25) is 23.6 Å². The van der Waals surface area contributed by atoms with Crippen LogP contribution in [-0.4, -0.2) is 101 Å². The Hall–Kier alpha value is -5.22. The van der Waals surface area contributed by atoms with E-state index in [2.05, 4.69) is 26.6 Å². The molecule has 0 aliphatic rings. The molecular formula is C33H49N5O12. The SMILES string of the molecule is COC(=O)[C@H](CC(C)C)NC(=O)[C@H](CCC(=O)O)NC(=O)[C@H](CCC(=O)O)NC(=O)CNC(=O)[C@H](Cc1ccccc1)NC(=O)OC(C)(C)C. The second kappa shape index (κ2) is 21.0. The summed E-state index contributed by atoms with van der Waals surface area (Å²) in [6, 6.07) is 3.45. The molecule has 50 heavy (non-hydrogen) atoms. The number of rotatable bonds is 20. The number of esters is 1. The molecule has 0 heterocycles. The van der Waals surface area contributed by atoms with E-state index in [-0.39, 0.29) is 18.8 Å². The summed E-state index contributed by atoms with van der Waals surface area (Å²) in [5.74, 6) is -6.95. The quantitative estimate of drug-likeness (QED) is 0.0922. The van der Waals surface area contributed by atoms with E-state index in [4.69, 9.17) is 9.47 Å². The zero-order chi connectivity index (χ0) is 38.0. The van der Waals surface area contributed by atoms with Crippen LogP contribution in [0.3, 0.4) is 0 Å². The summed E-state index contributed by atoms with van der Waals surface area (Å²) < 4.78 is 9.99. The van der Waals surface area contributed by atoms with E-state index in [1.165, 1.54) is 0 Å². The smallest absolute Gasteiger partial charge is 0.408 e. The molecule has 278 valence electrons. The number of carboxylic acid groups (broad SMARTS) is 2. The number of hydrogen-bond donors (Lipinski definition) is 7. The Labute approximate surface area is 290 Å². The lowest BCUT2D eigenvalue weighted by Gasteiger charge is -2.25. The molecule has 0 radical (unpaired) electrons. The van der Waals surface area contributed by atoms with Gasteiger partial charge in [0, 0.05) is 19.3 Å². The van der Waals surface area contributed by atoms with E-state index in [1.54, 1.807) is 65.0 Å². The van der Waals surface area contributed by atoms with Crippen LogP contribution >= 0.6 is 0 Å². The highest BCUT2D eigenvalue weighted by atomic mass is 16.6. The molecular weight excluding hydrogens is 658 g/mol. The van der Waals surface area contributed by atoms with Crippen molar-refractivity contribution < 1.29 is 58.0 Å². The van der Waals surface area contributed by atoms with Gasteiger partial charge in [-0.15, -0.1) is 0 Å². The first-order valence-corrected chi connectivity index (χ1v) is 16.0. The third kappa shape index (κ3) is 17.8. The third-order valence-corrected chi connectivity index (χ3v) is 6.80. The van der Waals surface area contributed by atoms with Gasteiger partial charge in [-0.2, -0.15) is 0 Å². The van der Waals surface area contributed by atoms with Gasteiger partial charge in [0.05, 0.1) is 13.7 Å². The number of aliphatic carboxylic acids is 2. The van der Waals surface area contributed by atoms with Crippen molar-refractivity contribution in [3.05, 3.63) is 35.9 Å². The topological polar surface area (TPSA) is 256 Å². The highest BCUT2D eigenvalue weighted by Crippen LogP contribution is 2.10. The van der Waals surface area contributed by atoms with Crippen LogP contribution < -0.4 is 26.6 Å². The maximum absolute atomic E-state index is 13.3. The molecule has 0 saturated heterocycles. The predicted molar refractivity (Wildman–Crippen MR) is 177 cm³/mol. The first-order chi connectivity index (χ1) is 23.3. The minimum Gasteiger partial charge on any atom is -0.481 e. The largest absolute Gasteiger partial charge is 0.481 e. The Morgan fingerprint density at radius 2 is 1.24 bits per heavy atom. The Kier molecular flexibility index (Phi) is 18.0. The predicted octanol–water partition coefficient (Wildman–Crippen LogP) is 0.642. The fraction of sp³-hybridized carbons (Fsp3) is 0.576. The molecule has 0 fully saturated rings. The Bertz CT molecular complexity index is 1350. The fourth-order valence-electron chi connectivity index (χ4n) is 4.49. The summed E-state index contributed by atoms with van der Waals surface area (Å²) >= 11 is 0. The molecule has 17 nitrogen and oxygen atoms in total. The van der Waals surface area contributed by atoms with Crippen LogP contribution in [0.1, 0.15) is 72.3 Å². The Morgan fingerprint density at radius 3 is 1.72 bits per heavy atom. The standard InChI is InChI=1S/C33H49N5O12/c1-19(2)16-24(31(47)49-6)37-30(46)22(13-15-27(42)43)36-29(45)21(12-14-26(40)41)35-25(39)18-34-28(44)23(17-20-10-8-7-9-11-20)38-32(48)50-33(3,4)5/h7-11,19,21-24H,12-18H2,1-6H3,(H,34,44)(H,35,39)(H,36,45)(H,37,46)(H,38,48)(H,40,41)(H,42,43)/t21-,22-,23-,24-/m0/s1. The van der Waals surface area contributed by atoms with Gasteiger partial charge in [-0.05, 0) is 51.5 Å². The number of carbonyl (C=O) groups is 8. The number of benzene rings is 1. The van der Waals surface area contributed by atoms with Crippen molar-refractivity contribution in [1.29, 1.82) is 0 Å². The Balaban J connectivity index is 3.10. The third-order valence-electron chi connectivity index (χ3n) is 6.80. The van der Waals surface area contributed by atoms with Crippen molar-refractivity contribution in [3.63, 3.8) is 0 Å². The normalized spacial score (nSPS) is 13.4.